The molecule has 1 heterocycles. The van der Waals surface area contributed by atoms with Crippen molar-refractivity contribution in [3.8, 4) is 0 Å². The van der Waals surface area contributed by atoms with Crippen molar-refractivity contribution in [2.24, 2.45) is 0 Å². The van der Waals surface area contributed by atoms with Crippen LogP contribution in [0.5, 0.6) is 0 Å². The van der Waals surface area contributed by atoms with E-state index in [1.807, 2.05) is 6.92 Å². The van der Waals surface area contributed by atoms with Gasteiger partial charge in [-0.15, -0.1) is 11.3 Å². The Morgan fingerprint density at radius 2 is 2.06 bits per heavy atom. The average Bonchev–Trinajstić information content (AvgIpc) is 2.81. The number of nitrogens with one attached hydrogen (secondary N) is 1. The molecule has 96 valence electrons. The van der Waals surface area contributed by atoms with Gasteiger partial charge in [-0.3, -0.25) is 0 Å². The third kappa shape index (κ3) is 3.93. The molecule has 0 aliphatic rings. The van der Waals surface area contributed by atoms with E-state index in [0.717, 1.165) is 30.2 Å². The average molecular weight is 260 g/mol. The second kappa shape index (κ2) is 6.66. The van der Waals surface area contributed by atoms with E-state index >= 15 is 0 Å². The van der Waals surface area contributed by atoms with Crippen LogP contribution in [0.25, 0.3) is 0 Å². The van der Waals surface area contributed by atoms with Crippen LogP contribution in [-0.2, 0) is 6.54 Å². The summed E-state index contributed by atoms with van der Waals surface area (Å²) in [5, 5.41) is 6.73. The predicted octanol–water partition coefficient (Wildman–Crippen LogP) is 3.73. The van der Waals surface area contributed by atoms with Gasteiger partial charge in [0.05, 0.1) is 10.7 Å². The van der Waals surface area contributed by atoms with Gasteiger partial charge < -0.3 is 5.32 Å². The van der Waals surface area contributed by atoms with Gasteiger partial charge in [-0.25, -0.2) is 4.98 Å². The molecule has 0 radical (unpaired) electrons. The van der Waals surface area contributed by atoms with Gasteiger partial charge in [0.2, 0.25) is 0 Å². The highest BCUT2D eigenvalue weighted by atomic mass is 32.1. The van der Waals surface area contributed by atoms with Crippen LogP contribution in [0.1, 0.15) is 35.5 Å². The predicted molar refractivity (Wildman–Crippen MR) is 78.0 cm³/mol. The molecule has 0 saturated heterocycles. The lowest BCUT2D eigenvalue weighted by Gasteiger charge is -2.11. The summed E-state index contributed by atoms with van der Waals surface area (Å²) in [5.41, 5.74) is 2.58. The molecule has 2 rings (SSSR count). The maximum Gasteiger partial charge on any atom is 0.0897 e. The van der Waals surface area contributed by atoms with E-state index in [0.29, 0.717) is 5.92 Å². The van der Waals surface area contributed by atoms with Crippen LogP contribution in [0.15, 0.2) is 35.7 Å². The summed E-state index contributed by atoms with van der Waals surface area (Å²) >= 11 is 1.71. The number of aryl methyl sites for hydroxylation is 1. The number of nitrogens with zero attached hydrogens (tertiary/aromatic N) is 1. The fourth-order valence-electron chi connectivity index (χ4n) is 1.97. The van der Waals surface area contributed by atoms with Crippen molar-refractivity contribution in [3.05, 3.63) is 52.0 Å². The third-order valence-electron chi connectivity index (χ3n) is 3.10. The lowest BCUT2D eigenvalue weighted by molar-refractivity contribution is 0.590. The molecule has 1 atom stereocenters. The fraction of sp³-hybridized carbons (Fsp3) is 0.400. The summed E-state index contributed by atoms with van der Waals surface area (Å²) in [5.74, 6) is 0.607. The molecule has 0 bridgehead atoms. The van der Waals surface area contributed by atoms with Crippen LogP contribution >= 0.6 is 11.3 Å². The van der Waals surface area contributed by atoms with Crippen molar-refractivity contribution in [3.63, 3.8) is 0 Å². The van der Waals surface area contributed by atoms with Crippen molar-refractivity contribution in [2.45, 2.75) is 32.7 Å². The summed E-state index contributed by atoms with van der Waals surface area (Å²) in [4.78, 5) is 4.44. The lowest BCUT2D eigenvalue weighted by atomic mass is 9.98. The van der Waals surface area contributed by atoms with E-state index < -0.39 is 0 Å². The summed E-state index contributed by atoms with van der Waals surface area (Å²) in [6.45, 7) is 6.24. The van der Waals surface area contributed by atoms with Gasteiger partial charge in [0.1, 0.15) is 0 Å². The molecule has 0 aliphatic carbocycles. The van der Waals surface area contributed by atoms with Gasteiger partial charge in [0.25, 0.3) is 0 Å². The highest BCUT2D eigenvalue weighted by Gasteiger charge is 2.04. The summed E-state index contributed by atoms with van der Waals surface area (Å²) < 4.78 is 0. The zero-order valence-corrected chi connectivity index (χ0v) is 11.8. The van der Waals surface area contributed by atoms with Crippen molar-refractivity contribution >= 4 is 11.3 Å². The largest absolute Gasteiger partial charge is 0.311 e. The third-order valence-corrected chi connectivity index (χ3v) is 3.92. The van der Waals surface area contributed by atoms with Crippen molar-refractivity contribution in [2.75, 3.05) is 6.54 Å². The van der Waals surface area contributed by atoms with Gasteiger partial charge in [-0.2, -0.15) is 0 Å². The van der Waals surface area contributed by atoms with Crippen LogP contribution in [-0.4, -0.2) is 11.5 Å². The first kappa shape index (κ1) is 13.2. The number of aromatic nitrogens is 1. The molecule has 1 aromatic carbocycles. The standard InChI is InChI=1S/C15H20N2S/c1-12(14-6-4-3-5-7-14)8-9-16-10-15-11-18-13(2)17-15/h3-7,11-12,16H,8-10H2,1-2H3. The minimum absolute atomic E-state index is 0.607. The summed E-state index contributed by atoms with van der Waals surface area (Å²) in [6.07, 6.45) is 1.16. The van der Waals surface area contributed by atoms with E-state index in [1.165, 1.54) is 5.56 Å². The molecule has 0 saturated carbocycles. The maximum atomic E-state index is 4.44. The Balaban J connectivity index is 1.69. The monoisotopic (exact) mass is 260 g/mol. The van der Waals surface area contributed by atoms with E-state index in [2.05, 4.69) is 52.9 Å². The molecule has 2 nitrogen and oxygen atoms in total. The molecule has 1 aromatic heterocycles. The smallest absolute Gasteiger partial charge is 0.0897 e. The Labute approximate surface area is 113 Å². The number of hydrogen-bond donors (Lipinski definition) is 1. The van der Waals surface area contributed by atoms with E-state index in [-0.39, 0.29) is 0 Å². The molecule has 0 spiro atoms. The van der Waals surface area contributed by atoms with Crippen LogP contribution in [0.3, 0.4) is 0 Å². The van der Waals surface area contributed by atoms with Gasteiger partial charge in [-0.05, 0) is 31.4 Å². The minimum Gasteiger partial charge on any atom is -0.311 e. The highest BCUT2D eigenvalue weighted by molar-refractivity contribution is 7.09. The Morgan fingerprint density at radius 1 is 1.28 bits per heavy atom. The topological polar surface area (TPSA) is 24.9 Å². The van der Waals surface area contributed by atoms with E-state index in [4.69, 9.17) is 0 Å². The second-order valence-corrected chi connectivity index (χ2v) is 5.70. The van der Waals surface area contributed by atoms with Crippen molar-refractivity contribution in [1.82, 2.24) is 10.3 Å². The second-order valence-electron chi connectivity index (χ2n) is 4.64. The van der Waals surface area contributed by atoms with Gasteiger partial charge >= 0.3 is 0 Å². The Morgan fingerprint density at radius 3 is 2.72 bits per heavy atom. The van der Waals surface area contributed by atoms with Crippen LogP contribution in [0, 0.1) is 6.92 Å². The quantitative estimate of drug-likeness (QED) is 0.800. The first-order valence-corrected chi connectivity index (χ1v) is 7.30. The summed E-state index contributed by atoms with van der Waals surface area (Å²) in [7, 11) is 0. The molecule has 1 unspecified atom stereocenters. The molecule has 18 heavy (non-hydrogen) atoms. The lowest BCUT2D eigenvalue weighted by Crippen LogP contribution is -2.16. The molecule has 0 aliphatic heterocycles. The number of benzene rings is 1. The van der Waals surface area contributed by atoms with E-state index in [9.17, 15) is 0 Å². The van der Waals surface area contributed by atoms with Crippen molar-refractivity contribution in [1.29, 1.82) is 0 Å². The highest BCUT2D eigenvalue weighted by Crippen LogP contribution is 2.17. The number of hydrogen-bond acceptors (Lipinski definition) is 3. The Kier molecular flexibility index (Phi) is 4.90. The van der Waals surface area contributed by atoms with Gasteiger partial charge in [0.15, 0.2) is 0 Å². The van der Waals surface area contributed by atoms with Gasteiger partial charge in [0, 0.05) is 11.9 Å². The molecule has 3 heteroatoms. The fourth-order valence-corrected chi connectivity index (χ4v) is 2.59. The molecular weight excluding hydrogens is 240 g/mol. The van der Waals surface area contributed by atoms with Crippen molar-refractivity contribution < 1.29 is 0 Å². The molecule has 0 amide bonds. The van der Waals surface area contributed by atoms with E-state index in [1.54, 1.807) is 11.3 Å². The number of rotatable bonds is 6. The van der Waals surface area contributed by atoms with Crippen LogP contribution < -0.4 is 5.32 Å². The molecule has 2 aromatic rings. The van der Waals surface area contributed by atoms with Crippen LogP contribution in [0.4, 0.5) is 0 Å². The van der Waals surface area contributed by atoms with Gasteiger partial charge in [-0.1, -0.05) is 37.3 Å². The maximum absolute atomic E-state index is 4.44. The Bertz CT molecular complexity index is 464. The first-order chi connectivity index (χ1) is 8.75. The normalized spacial score (nSPS) is 12.6. The van der Waals surface area contributed by atoms with Crippen LogP contribution in [0.2, 0.25) is 0 Å². The zero-order chi connectivity index (χ0) is 12.8. The Hall–Kier alpha value is -1.19. The molecule has 1 N–H and O–H groups in total. The SMILES string of the molecule is Cc1nc(CNCCC(C)c2ccccc2)cs1. The minimum atomic E-state index is 0.607. The zero-order valence-electron chi connectivity index (χ0n) is 11.0. The summed E-state index contributed by atoms with van der Waals surface area (Å²) in [6, 6.07) is 10.7. The molecular formula is C15H20N2S. The first-order valence-electron chi connectivity index (χ1n) is 6.42. The molecule has 0 fully saturated rings. The number of thiazole rings is 1.